The SMILES string of the molecule is COC(=O)c1cc(NC(=O)c2cc(C)nc3cc(F)ccc23)ccc1F. The number of hydrogen-bond donors (Lipinski definition) is 1. The maximum absolute atomic E-state index is 13.7. The van der Waals surface area contributed by atoms with Gasteiger partial charge >= 0.3 is 5.97 Å². The summed E-state index contributed by atoms with van der Waals surface area (Å²) >= 11 is 0. The highest BCUT2D eigenvalue weighted by atomic mass is 19.1. The number of aromatic nitrogens is 1. The van der Waals surface area contributed by atoms with Gasteiger partial charge in [-0.2, -0.15) is 0 Å². The summed E-state index contributed by atoms with van der Waals surface area (Å²) in [7, 11) is 1.14. The Morgan fingerprint density at radius 3 is 2.54 bits per heavy atom. The maximum atomic E-state index is 13.7. The summed E-state index contributed by atoms with van der Waals surface area (Å²) in [6.07, 6.45) is 0. The van der Waals surface area contributed by atoms with Crippen LogP contribution in [0.25, 0.3) is 10.9 Å². The zero-order valence-corrected chi connectivity index (χ0v) is 14.0. The average Bonchev–Trinajstić information content (AvgIpc) is 2.61. The van der Waals surface area contributed by atoms with Crippen LogP contribution in [-0.2, 0) is 4.74 Å². The van der Waals surface area contributed by atoms with Crippen LogP contribution in [0.5, 0.6) is 0 Å². The van der Waals surface area contributed by atoms with Gasteiger partial charge in [0.15, 0.2) is 0 Å². The molecule has 0 saturated carbocycles. The summed E-state index contributed by atoms with van der Waals surface area (Å²) in [5, 5.41) is 3.08. The quantitative estimate of drug-likeness (QED) is 0.724. The predicted octanol–water partition coefficient (Wildman–Crippen LogP) is 3.86. The van der Waals surface area contributed by atoms with E-state index in [0.29, 0.717) is 16.6 Å². The van der Waals surface area contributed by atoms with Crippen LogP contribution < -0.4 is 5.32 Å². The molecule has 3 aromatic rings. The molecule has 0 atom stereocenters. The van der Waals surface area contributed by atoms with E-state index in [-0.39, 0.29) is 16.8 Å². The van der Waals surface area contributed by atoms with Gasteiger partial charge in [0.1, 0.15) is 11.6 Å². The van der Waals surface area contributed by atoms with Crippen molar-refractivity contribution < 1.29 is 23.1 Å². The van der Waals surface area contributed by atoms with Crippen molar-refractivity contribution in [1.82, 2.24) is 4.98 Å². The van der Waals surface area contributed by atoms with E-state index in [2.05, 4.69) is 15.0 Å². The number of carbonyl (C=O) groups excluding carboxylic acids is 2. The molecule has 26 heavy (non-hydrogen) atoms. The van der Waals surface area contributed by atoms with Crippen LogP contribution in [0.15, 0.2) is 42.5 Å². The fraction of sp³-hybridized carbons (Fsp3) is 0.105. The molecule has 3 rings (SSSR count). The van der Waals surface area contributed by atoms with Crippen LogP contribution in [0.3, 0.4) is 0 Å². The normalized spacial score (nSPS) is 10.6. The summed E-state index contributed by atoms with van der Waals surface area (Å²) < 4.78 is 31.6. The second kappa shape index (κ2) is 6.87. The Kier molecular flexibility index (Phi) is 4.62. The molecule has 1 amide bonds. The number of carbonyl (C=O) groups is 2. The van der Waals surface area contributed by atoms with E-state index in [1.54, 1.807) is 13.0 Å². The maximum Gasteiger partial charge on any atom is 0.340 e. The van der Waals surface area contributed by atoms with Gasteiger partial charge < -0.3 is 10.1 Å². The average molecular weight is 356 g/mol. The second-order valence-electron chi connectivity index (χ2n) is 5.61. The third kappa shape index (κ3) is 3.37. The van der Waals surface area contributed by atoms with E-state index in [0.717, 1.165) is 13.2 Å². The number of ether oxygens (including phenoxy) is 1. The number of rotatable bonds is 3. The molecule has 0 aliphatic rings. The zero-order chi connectivity index (χ0) is 18.8. The first-order valence-electron chi connectivity index (χ1n) is 7.65. The number of aryl methyl sites for hydroxylation is 1. The van der Waals surface area contributed by atoms with E-state index in [4.69, 9.17) is 0 Å². The van der Waals surface area contributed by atoms with Gasteiger partial charge in [-0.05, 0) is 43.3 Å². The fourth-order valence-corrected chi connectivity index (χ4v) is 2.59. The van der Waals surface area contributed by atoms with Crippen molar-refractivity contribution in [3.05, 3.63) is 70.9 Å². The van der Waals surface area contributed by atoms with E-state index in [9.17, 15) is 18.4 Å². The first-order valence-corrected chi connectivity index (χ1v) is 7.65. The van der Waals surface area contributed by atoms with Gasteiger partial charge in [0.05, 0.1) is 23.8 Å². The molecule has 0 aliphatic carbocycles. The summed E-state index contributed by atoms with van der Waals surface area (Å²) in [4.78, 5) is 28.4. The summed E-state index contributed by atoms with van der Waals surface area (Å²) in [5.74, 6) is -2.55. The van der Waals surface area contributed by atoms with Crippen molar-refractivity contribution in [3.8, 4) is 0 Å². The molecule has 0 spiro atoms. The number of pyridine rings is 1. The van der Waals surface area contributed by atoms with E-state index in [1.165, 1.54) is 30.3 Å². The first kappa shape index (κ1) is 17.5. The Hall–Kier alpha value is -3.35. The van der Waals surface area contributed by atoms with Crippen LogP contribution in [0.2, 0.25) is 0 Å². The minimum atomic E-state index is -0.848. The smallest absolute Gasteiger partial charge is 0.340 e. The number of hydrogen-bond acceptors (Lipinski definition) is 4. The molecule has 0 bridgehead atoms. The zero-order valence-electron chi connectivity index (χ0n) is 14.0. The van der Waals surface area contributed by atoms with Crippen molar-refractivity contribution >= 4 is 28.5 Å². The van der Waals surface area contributed by atoms with Crippen molar-refractivity contribution in [3.63, 3.8) is 0 Å². The third-order valence-electron chi connectivity index (χ3n) is 3.77. The Morgan fingerprint density at radius 2 is 1.81 bits per heavy atom. The molecule has 1 aromatic heterocycles. The second-order valence-corrected chi connectivity index (χ2v) is 5.61. The van der Waals surface area contributed by atoms with Crippen LogP contribution in [0.4, 0.5) is 14.5 Å². The lowest BCUT2D eigenvalue weighted by atomic mass is 10.1. The van der Waals surface area contributed by atoms with Crippen molar-refractivity contribution in [1.29, 1.82) is 0 Å². The predicted molar refractivity (Wildman–Crippen MR) is 92.1 cm³/mol. The van der Waals surface area contributed by atoms with E-state index < -0.39 is 23.5 Å². The van der Waals surface area contributed by atoms with Crippen molar-refractivity contribution in [2.75, 3.05) is 12.4 Å². The van der Waals surface area contributed by atoms with Crippen LogP contribution in [0, 0.1) is 18.6 Å². The molecule has 7 heteroatoms. The van der Waals surface area contributed by atoms with Crippen molar-refractivity contribution in [2.45, 2.75) is 6.92 Å². The Morgan fingerprint density at radius 1 is 1.04 bits per heavy atom. The lowest BCUT2D eigenvalue weighted by Crippen LogP contribution is -2.14. The van der Waals surface area contributed by atoms with Gasteiger partial charge in [0.25, 0.3) is 5.91 Å². The minimum absolute atomic E-state index is 0.224. The molecule has 0 fully saturated rings. The summed E-state index contributed by atoms with van der Waals surface area (Å²) in [6, 6.07) is 9.10. The molecule has 1 heterocycles. The van der Waals surface area contributed by atoms with Crippen LogP contribution in [0.1, 0.15) is 26.4 Å². The molecule has 0 saturated heterocycles. The van der Waals surface area contributed by atoms with Gasteiger partial charge in [-0.3, -0.25) is 9.78 Å². The lowest BCUT2D eigenvalue weighted by molar-refractivity contribution is 0.0595. The van der Waals surface area contributed by atoms with Gasteiger partial charge in [0, 0.05) is 22.8 Å². The Labute approximate surface area is 147 Å². The summed E-state index contributed by atoms with van der Waals surface area (Å²) in [6.45, 7) is 1.69. The number of nitrogens with one attached hydrogen (secondary N) is 1. The van der Waals surface area contributed by atoms with Gasteiger partial charge in [-0.1, -0.05) is 0 Å². The Balaban J connectivity index is 1.99. The third-order valence-corrected chi connectivity index (χ3v) is 3.77. The largest absolute Gasteiger partial charge is 0.465 e. The number of anilines is 1. The standard InChI is InChI=1S/C19H14F2N2O3/c1-10-7-14(13-5-3-11(20)8-17(13)22-10)18(24)23-12-4-6-16(21)15(9-12)19(25)26-2/h3-9H,1-2H3,(H,23,24). The van der Waals surface area contributed by atoms with E-state index in [1.807, 2.05) is 0 Å². The molecule has 2 aromatic carbocycles. The number of nitrogens with zero attached hydrogens (tertiary/aromatic N) is 1. The molecule has 1 N–H and O–H groups in total. The van der Waals surface area contributed by atoms with Crippen LogP contribution in [-0.4, -0.2) is 24.0 Å². The highest BCUT2D eigenvalue weighted by Crippen LogP contribution is 2.22. The monoisotopic (exact) mass is 356 g/mol. The van der Waals surface area contributed by atoms with Gasteiger partial charge in [0.2, 0.25) is 0 Å². The topological polar surface area (TPSA) is 68.3 Å². The lowest BCUT2D eigenvalue weighted by Gasteiger charge is -2.10. The molecular weight excluding hydrogens is 342 g/mol. The molecule has 132 valence electrons. The number of fused-ring (bicyclic) bond motifs is 1. The number of esters is 1. The highest BCUT2D eigenvalue weighted by molar-refractivity contribution is 6.12. The first-order chi connectivity index (χ1) is 12.4. The minimum Gasteiger partial charge on any atom is -0.465 e. The molecular formula is C19H14F2N2O3. The molecule has 0 aliphatic heterocycles. The van der Waals surface area contributed by atoms with Crippen molar-refractivity contribution in [2.24, 2.45) is 0 Å². The number of amides is 1. The number of methoxy groups -OCH3 is 1. The summed E-state index contributed by atoms with van der Waals surface area (Å²) in [5.41, 5.74) is 1.12. The van der Waals surface area contributed by atoms with Gasteiger partial charge in [-0.15, -0.1) is 0 Å². The highest BCUT2D eigenvalue weighted by Gasteiger charge is 2.16. The molecule has 0 radical (unpaired) electrons. The number of halogens is 2. The van der Waals surface area contributed by atoms with Gasteiger partial charge in [-0.25, -0.2) is 13.6 Å². The molecule has 0 unspecified atom stereocenters. The Bertz CT molecular complexity index is 1030. The molecule has 5 nitrogen and oxygen atoms in total. The van der Waals surface area contributed by atoms with Crippen LogP contribution >= 0.6 is 0 Å². The van der Waals surface area contributed by atoms with E-state index >= 15 is 0 Å². The fourth-order valence-electron chi connectivity index (χ4n) is 2.59. The number of benzene rings is 2.